The number of aryl methyl sites for hydroxylation is 3. The normalized spacial score (nSPS) is 12.4. The lowest BCUT2D eigenvalue weighted by molar-refractivity contribution is -0.141. The molecule has 1 unspecified atom stereocenters. The summed E-state index contributed by atoms with van der Waals surface area (Å²) in [5.74, 6) is -1.32. The zero-order chi connectivity index (χ0) is 15.6. The van der Waals surface area contributed by atoms with Gasteiger partial charge in [0.25, 0.3) is 0 Å². The first-order valence-electron chi connectivity index (χ1n) is 6.84. The van der Waals surface area contributed by atoms with E-state index in [0.717, 1.165) is 22.4 Å². The van der Waals surface area contributed by atoms with Crippen LogP contribution in [0.4, 0.5) is 0 Å². The summed E-state index contributed by atoms with van der Waals surface area (Å²) in [5, 5.41) is 14.2. The molecule has 0 radical (unpaired) electrons. The number of hydrogen-bond donors (Lipinski definition) is 1. The maximum absolute atomic E-state index is 11.6. The van der Waals surface area contributed by atoms with Gasteiger partial charge in [0.15, 0.2) is 0 Å². The largest absolute Gasteiger partial charge is 0.481 e. The first kappa shape index (κ1) is 15.6. The predicted molar refractivity (Wildman–Crippen MR) is 82.7 cm³/mol. The van der Waals surface area contributed by atoms with Crippen molar-refractivity contribution in [2.75, 3.05) is 0 Å². The molecule has 0 saturated heterocycles. The molecule has 21 heavy (non-hydrogen) atoms. The molecule has 0 fully saturated rings. The summed E-state index contributed by atoms with van der Waals surface area (Å²) >= 11 is 6.20. The number of nitrogens with zero attached hydrogens (tertiary/aromatic N) is 2. The lowest BCUT2D eigenvalue weighted by atomic mass is 9.92. The molecule has 2 aromatic rings. The number of aliphatic carboxylic acids is 1. The third-order valence-corrected chi connectivity index (χ3v) is 4.11. The number of carboxylic acid groups (broad SMARTS) is 1. The minimum Gasteiger partial charge on any atom is -0.481 e. The van der Waals surface area contributed by atoms with Crippen LogP contribution in [0.25, 0.3) is 0 Å². The van der Waals surface area contributed by atoms with E-state index in [1.165, 1.54) is 0 Å². The summed E-state index contributed by atoms with van der Waals surface area (Å²) in [6.07, 6.45) is 0.878. The van der Waals surface area contributed by atoms with Gasteiger partial charge in [0.2, 0.25) is 0 Å². The number of aromatic nitrogens is 2. The van der Waals surface area contributed by atoms with Crippen LogP contribution in [0.2, 0.25) is 5.15 Å². The highest BCUT2D eigenvalue weighted by Gasteiger charge is 2.23. The van der Waals surface area contributed by atoms with Gasteiger partial charge in [0.1, 0.15) is 5.15 Å². The fourth-order valence-corrected chi connectivity index (χ4v) is 2.77. The molecule has 0 aliphatic heterocycles. The summed E-state index contributed by atoms with van der Waals surface area (Å²) in [6, 6.07) is 7.93. The standard InChI is InChI=1S/C16H19ClN2O2/c1-10-5-4-6-12(7-10)8-13(16(20)21)9-14-11(2)18-19(3)15(14)17/h4-7,13H,8-9H2,1-3H3,(H,20,21). The Bertz CT molecular complexity index is 664. The van der Waals surface area contributed by atoms with Crippen LogP contribution < -0.4 is 0 Å². The number of carbonyl (C=O) groups is 1. The van der Waals surface area contributed by atoms with Crippen LogP contribution in [0.3, 0.4) is 0 Å². The van der Waals surface area contributed by atoms with Crippen LogP contribution in [0, 0.1) is 19.8 Å². The Hall–Kier alpha value is -1.81. The van der Waals surface area contributed by atoms with Gasteiger partial charge in [-0.2, -0.15) is 5.10 Å². The topological polar surface area (TPSA) is 55.1 Å². The molecule has 1 atom stereocenters. The molecule has 0 aliphatic carbocycles. The molecule has 4 nitrogen and oxygen atoms in total. The fourth-order valence-electron chi connectivity index (χ4n) is 2.52. The molecule has 0 spiro atoms. The second-order valence-corrected chi connectivity index (χ2v) is 5.77. The SMILES string of the molecule is Cc1cccc(CC(Cc2c(C)nn(C)c2Cl)C(=O)O)c1. The summed E-state index contributed by atoms with van der Waals surface area (Å²) in [7, 11) is 1.76. The predicted octanol–water partition coefficient (Wildman–Crippen LogP) is 3.18. The van der Waals surface area contributed by atoms with Gasteiger partial charge in [-0.05, 0) is 32.3 Å². The average Bonchev–Trinajstić information content (AvgIpc) is 2.64. The molecule has 0 bridgehead atoms. The summed E-state index contributed by atoms with van der Waals surface area (Å²) in [5.41, 5.74) is 3.77. The van der Waals surface area contributed by atoms with E-state index < -0.39 is 11.9 Å². The maximum atomic E-state index is 11.6. The number of benzene rings is 1. The molecule has 112 valence electrons. The van der Waals surface area contributed by atoms with Crippen molar-refractivity contribution >= 4 is 17.6 Å². The van der Waals surface area contributed by atoms with E-state index in [-0.39, 0.29) is 0 Å². The highest BCUT2D eigenvalue weighted by molar-refractivity contribution is 6.30. The van der Waals surface area contributed by atoms with Gasteiger partial charge in [-0.3, -0.25) is 9.48 Å². The van der Waals surface area contributed by atoms with Crippen molar-refractivity contribution < 1.29 is 9.90 Å². The number of halogens is 1. The minimum atomic E-state index is -0.809. The van der Waals surface area contributed by atoms with Crippen molar-refractivity contribution in [3.63, 3.8) is 0 Å². The third kappa shape index (κ3) is 3.64. The van der Waals surface area contributed by atoms with Crippen LogP contribution in [0.15, 0.2) is 24.3 Å². The van der Waals surface area contributed by atoms with Gasteiger partial charge in [0.05, 0.1) is 11.6 Å². The van der Waals surface area contributed by atoms with Crippen LogP contribution in [0.1, 0.15) is 22.4 Å². The zero-order valence-corrected chi connectivity index (χ0v) is 13.2. The molecule has 1 N–H and O–H groups in total. The molecule has 5 heteroatoms. The first-order chi connectivity index (χ1) is 9.88. The Morgan fingerprint density at radius 1 is 1.38 bits per heavy atom. The second kappa shape index (κ2) is 6.31. The Morgan fingerprint density at radius 3 is 2.62 bits per heavy atom. The van der Waals surface area contributed by atoms with Crippen LogP contribution in [-0.4, -0.2) is 20.9 Å². The maximum Gasteiger partial charge on any atom is 0.307 e. The molecular weight excluding hydrogens is 288 g/mol. The van der Waals surface area contributed by atoms with Gasteiger partial charge in [0, 0.05) is 12.6 Å². The van der Waals surface area contributed by atoms with Gasteiger partial charge >= 0.3 is 5.97 Å². The first-order valence-corrected chi connectivity index (χ1v) is 7.22. The number of rotatable bonds is 5. The Balaban J connectivity index is 2.22. The summed E-state index contributed by atoms with van der Waals surface area (Å²) < 4.78 is 1.58. The monoisotopic (exact) mass is 306 g/mol. The Morgan fingerprint density at radius 2 is 2.10 bits per heavy atom. The van der Waals surface area contributed by atoms with E-state index in [4.69, 9.17) is 11.6 Å². The van der Waals surface area contributed by atoms with Gasteiger partial charge in [-0.25, -0.2) is 0 Å². The molecule has 1 aromatic heterocycles. The average molecular weight is 307 g/mol. The second-order valence-electron chi connectivity index (χ2n) is 5.41. The number of carboxylic acids is 1. The smallest absolute Gasteiger partial charge is 0.307 e. The Labute approximate surface area is 129 Å². The summed E-state index contributed by atoms with van der Waals surface area (Å²) in [4.78, 5) is 11.6. The molecule has 1 heterocycles. The van der Waals surface area contributed by atoms with Crippen molar-refractivity contribution in [1.82, 2.24) is 9.78 Å². The van der Waals surface area contributed by atoms with Gasteiger partial charge in [-0.15, -0.1) is 0 Å². The van der Waals surface area contributed by atoms with E-state index in [1.54, 1.807) is 11.7 Å². The van der Waals surface area contributed by atoms with Crippen molar-refractivity contribution in [1.29, 1.82) is 0 Å². The van der Waals surface area contributed by atoms with Crippen molar-refractivity contribution in [3.05, 3.63) is 51.8 Å². The van der Waals surface area contributed by atoms with E-state index in [0.29, 0.717) is 18.0 Å². The molecule has 0 aliphatic rings. The quantitative estimate of drug-likeness (QED) is 0.923. The van der Waals surface area contributed by atoms with Crippen molar-refractivity contribution in [3.8, 4) is 0 Å². The van der Waals surface area contributed by atoms with Gasteiger partial charge < -0.3 is 5.11 Å². The highest BCUT2D eigenvalue weighted by Crippen LogP contribution is 2.24. The van der Waals surface area contributed by atoms with E-state index in [2.05, 4.69) is 5.10 Å². The zero-order valence-electron chi connectivity index (χ0n) is 12.4. The van der Waals surface area contributed by atoms with E-state index >= 15 is 0 Å². The molecule has 2 rings (SSSR count). The number of hydrogen-bond acceptors (Lipinski definition) is 2. The lowest BCUT2D eigenvalue weighted by Crippen LogP contribution is -2.19. The van der Waals surface area contributed by atoms with Gasteiger partial charge in [-0.1, -0.05) is 41.4 Å². The van der Waals surface area contributed by atoms with Crippen molar-refractivity contribution in [2.24, 2.45) is 13.0 Å². The van der Waals surface area contributed by atoms with Crippen molar-refractivity contribution in [2.45, 2.75) is 26.7 Å². The van der Waals surface area contributed by atoms with E-state index in [1.807, 2.05) is 38.1 Å². The Kier molecular flexibility index (Phi) is 4.68. The molecular formula is C16H19ClN2O2. The van der Waals surface area contributed by atoms with Crippen LogP contribution >= 0.6 is 11.6 Å². The van der Waals surface area contributed by atoms with Crippen LogP contribution in [0.5, 0.6) is 0 Å². The fraction of sp³-hybridized carbons (Fsp3) is 0.375. The minimum absolute atomic E-state index is 0.391. The van der Waals surface area contributed by atoms with Crippen LogP contribution in [-0.2, 0) is 24.7 Å². The summed E-state index contributed by atoms with van der Waals surface area (Å²) in [6.45, 7) is 3.86. The molecule has 0 amide bonds. The third-order valence-electron chi connectivity index (χ3n) is 3.63. The highest BCUT2D eigenvalue weighted by atomic mass is 35.5. The van der Waals surface area contributed by atoms with E-state index in [9.17, 15) is 9.90 Å². The lowest BCUT2D eigenvalue weighted by Gasteiger charge is -2.13. The molecule has 1 aromatic carbocycles. The molecule has 0 saturated carbocycles.